The molecular formula is C70H109ClF3N11O13. The number of nitrogens with zero attached hydrogens (tertiary/aromatic N) is 7. The molecule has 0 bridgehead atoms. The minimum Gasteiger partial charge on any atom is -0.388 e. The van der Waals surface area contributed by atoms with Crippen molar-refractivity contribution < 1.29 is 75.8 Å². The topological polar surface area (TPSA) is 288 Å². The van der Waals surface area contributed by atoms with Crippen LogP contribution >= 0.6 is 11.6 Å². The second-order valence-corrected chi connectivity index (χ2v) is 30.1. The number of ether oxygens (including phenoxy) is 1. The predicted molar refractivity (Wildman–Crippen MR) is 361 cm³/mol. The summed E-state index contributed by atoms with van der Waals surface area (Å²) in [6.45, 7) is 14.2. The van der Waals surface area contributed by atoms with Gasteiger partial charge in [0.05, 0.1) is 35.9 Å². The molecule has 1 aromatic rings. The molecule has 6 rings (SSSR count). The number of carbonyl (C=O) groups excluding carboxylic acids is 11. The summed E-state index contributed by atoms with van der Waals surface area (Å²) in [6.07, 6.45) is 1.83. The maximum atomic E-state index is 15.1. The van der Waals surface area contributed by atoms with Gasteiger partial charge < -0.3 is 65.4 Å². The number of carbonyl (C=O) groups is 11. The third kappa shape index (κ3) is 20.3. The van der Waals surface area contributed by atoms with Crippen molar-refractivity contribution >= 4 is 76.6 Å². The summed E-state index contributed by atoms with van der Waals surface area (Å²) >= 11 is 6.14. The van der Waals surface area contributed by atoms with E-state index >= 15 is 28.8 Å². The SMILES string of the molecule is CC[C@H](C)[C@@H]1NC(=O)[C@H](CC(C)C)N(C)C(=O)C[C@@H](C)NC(=O)[C@H](C(C)C)N(C)C(=O)C2(CCCC2)NC(=O)[C@@H]2CCCN2C(=O)[C@H](CCc2ccc(C(F)(F)F)c(Cl)c2)NC(=O)CN(C)C(=O)[C@H](CC2CCCCC2)N(C)C(=O)[C@@H]2CCN2C(=O)[C@H](COCC(C)(C)O)N(C)C1=O. The number of benzene rings is 1. The maximum Gasteiger partial charge on any atom is 0.417 e. The van der Waals surface area contributed by atoms with Crippen LogP contribution < -0.4 is 21.3 Å². The predicted octanol–water partition coefficient (Wildman–Crippen LogP) is 5.46. The summed E-state index contributed by atoms with van der Waals surface area (Å²) < 4.78 is 47.5. The van der Waals surface area contributed by atoms with Crippen molar-refractivity contribution in [1.29, 1.82) is 0 Å². The van der Waals surface area contributed by atoms with Gasteiger partial charge in [-0.3, -0.25) is 52.7 Å². The molecule has 24 nitrogen and oxygen atoms in total. The molecule has 28 heteroatoms. The van der Waals surface area contributed by atoms with Crippen LogP contribution in [0.3, 0.4) is 0 Å². The van der Waals surface area contributed by atoms with E-state index in [0.29, 0.717) is 31.2 Å². The number of nitrogens with one attached hydrogen (secondary N) is 4. The Kier molecular flexibility index (Phi) is 28.4. The molecule has 5 aliphatic rings. The standard InChI is InChI=1S/C70H109ClF3N11O13/c1-15-43(6)57-66(95)82(13)54(39-98-40-68(8,9)97)65(94)85-33-29-51(85)64(93)81(12)53(37-45-22-17-16-18-23-45)63(92)79(10)38-55(86)76-49(28-26-46-25-27-47(48(71)36-46)70(72,73)74)62(91)84-32-21-24-50(84)60(89)78-69(30-19-20-31-69)67(96)83(14)58(42(4)5)61(90)75-44(7)35-56(87)80(11)52(34-41(2)3)59(88)77-57/h25,27,36,41-45,49-54,57-58,97H,15-24,26,28-35,37-40H2,1-14H3,(H,75,90)(H,76,86)(H,77,88)(H,78,89)/t43-,44+,49-,50-,51-,52-,53-,54-,57-,58-/m0/s1. The Labute approximate surface area is 581 Å². The summed E-state index contributed by atoms with van der Waals surface area (Å²) in [4.78, 5) is 172. The Balaban J connectivity index is 1.42. The molecule has 10 atom stereocenters. The Bertz CT molecular complexity index is 3030. The molecular weight excluding hydrogens is 1300 g/mol. The fraction of sp³-hybridized carbons (Fsp3) is 0.757. The molecule has 3 heterocycles. The van der Waals surface area contributed by atoms with Gasteiger partial charge >= 0.3 is 6.18 Å². The molecule has 11 amide bonds. The second kappa shape index (κ2) is 34.6. The van der Waals surface area contributed by atoms with Gasteiger partial charge in [-0.1, -0.05) is 111 Å². The molecule has 98 heavy (non-hydrogen) atoms. The highest BCUT2D eigenvalue weighted by Crippen LogP contribution is 2.37. The summed E-state index contributed by atoms with van der Waals surface area (Å²) in [5, 5.41) is 21.7. The van der Waals surface area contributed by atoms with Crippen LogP contribution in [0, 0.1) is 23.7 Å². The average molecular weight is 1410 g/mol. The highest BCUT2D eigenvalue weighted by Gasteiger charge is 2.51. The minimum absolute atomic E-state index is 0.00590. The number of alkyl halides is 3. The molecule has 0 unspecified atom stereocenters. The highest BCUT2D eigenvalue weighted by molar-refractivity contribution is 6.31. The molecule has 3 saturated heterocycles. The van der Waals surface area contributed by atoms with Crippen molar-refractivity contribution in [2.75, 3.05) is 68.1 Å². The molecule has 1 aromatic carbocycles. The van der Waals surface area contributed by atoms with Crippen LogP contribution in [-0.4, -0.2) is 238 Å². The lowest BCUT2D eigenvalue weighted by molar-refractivity contribution is -0.163. The minimum atomic E-state index is -4.76. The number of hydrogen-bond acceptors (Lipinski definition) is 13. The van der Waals surface area contributed by atoms with Crippen LogP contribution in [0.25, 0.3) is 0 Å². The summed E-state index contributed by atoms with van der Waals surface area (Å²) in [7, 11) is 7.16. The Morgan fingerprint density at radius 2 is 1.32 bits per heavy atom. The van der Waals surface area contributed by atoms with Gasteiger partial charge in [-0.05, 0) is 120 Å². The lowest BCUT2D eigenvalue weighted by Crippen LogP contribution is -2.66. The zero-order valence-electron chi connectivity index (χ0n) is 60.0. The Morgan fingerprint density at radius 3 is 1.89 bits per heavy atom. The largest absolute Gasteiger partial charge is 0.417 e. The number of aryl methyl sites for hydroxylation is 1. The van der Waals surface area contributed by atoms with E-state index in [-0.39, 0.29) is 89.3 Å². The quantitative estimate of drug-likeness (QED) is 0.155. The first kappa shape index (κ1) is 80.4. The number of fused-ring (bicyclic) bond motifs is 2. The lowest BCUT2D eigenvalue weighted by Gasteiger charge is -2.46. The molecule has 0 aromatic heterocycles. The van der Waals surface area contributed by atoms with E-state index < -0.39 is 172 Å². The Hall–Kier alpha value is -6.61. The van der Waals surface area contributed by atoms with Gasteiger partial charge in [0.25, 0.3) is 0 Å². The van der Waals surface area contributed by atoms with Gasteiger partial charge in [-0.25, -0.2) is 0 Å². The van der Waals surface area contributed by atoms with Gasteiger partial charge in [0.1, 0.15) is 53.9 Å². The van der Waals surface area contributed by atoms with Gasteiger partial charge in [-0.2, -0.15) is 13.2 Å². The third-order valence-electron chi connectivity index (χ3n) is 20.5. The van der Waals surface area contributed by atoms with Gasteiger partial charge in [0.2, 0.25) is 65.0 Å². The second-order valence-electron chi connectivity index (χ2n) is 29.7. The monoisotopic (exact) mass is 1400 g/mol. The molecule has 550 valence electrons. The maximum absolute atomic E-state index is 15.1. The summed E-state index contributed by atoms with van der Waals surface area (Å²) in [6, 6.07) is -7.47. The first-order valence-electron chi connectivity index (χ1n) is 35.1. The zero-order valence-corrected chi connectivity index (χ0v) is 60.7. The van der Waals surface area contributed by atoms with Crippen LogP contribution in [0.2, 0.25) is 5.02 Å². The number of halogens is 4. The molecule has 0 radical (unpaired) electrons. The number of aliphatic hydroxyl groups is 1. The van der Waals surface area contributed by atoms with Crippen LogP contribution in [0.1, 0.15) is 183 Å². The fourth-order valence-electron chi connectivity index (χ4n) is 14.5. The summed E-state index contributed by atoms with van der Waals surface area (Å²) in [5.41, 5.74) is -3.65. The smallest absolute Gasteiger partial charge is 0.388 e. The van der Waals surface area contributed by atoms with Crippen molar-refractivity contribution in [3.63, 3.8) is 0 Å². The van der Waals surface area contributed by atoms with Gasteiger partial charge in [-0.15, -0.1) is 0 Å². The third-order valence-corrected chi connectivity index (χ3v) is 20.8. The van der Waals surface area contributed by atoms with Crippen LogP contribution in [-0.2, 0) is 70.1 Å². The van der Waals surface area contributed by atoms with E-state index in [4.69, 9.17) is 16.3 Å². The average Bonchev–Trinajstić information content (AvgIpc) is 1.22. The Morgan fingerprint density at radius 1 is 0.684 bits per heavy atom. The number of hydrogen-bond donors (Lipinski definition) is 5. The normalized spacial score (nSPS) is 27.3. The lowest BCUT2D eigenvalue weighted by atomic mass is 9.84. The first-order chi connectivity index (χ1) is 45.8. The van der Waals surface area contributed by atoms with Crippen molar-refractivity contribution in [2.24, 2.45) is 23.7 Å². The van der Waals surface area contributed by atoms with Gasteiger partial charge in [0, 0.05) is 60.8 Å². The van der Waals surface area contributed by atoms with E-state index in [2.05, 4.69) is 21.3 Å². The van der Waals surface area contributed by atoms with Crippen LogP contribution in [0.15, 0.2) is 18.2 Å². The summed E-state index contributed by atoms with van der Waals surface area (Å²) in [5.74, 6) is -8.28. The number of amides is 11. The molecule has 5 fully saturated rings. The van der Waals surface area contributed by atoms with E-state index in [1.807, 2.05) is 20.8 Å². The van der Waals surface area contributed by atoms with Crippen LogP contribution in [0.4, 0.5) is 13.2 Å². The van der Waals surface area contributed by atoms with Crippen molar-refractivity contribution in [3.8, 4) is 0 Å². The molecule has 2 saturated carbocycles. The van der Waals surface area contributed by atoms with Crippen molar-refractivity contribution in [1.82, 2.24) is 55.6 Å². The molecule has 5 N–H and O–H groups in total. The first-order valence-corrected chi connectivity index (χ1v) is 35.5. The molecule has 1 spiro atoms. The highest BCUT2D eigenvalue weighted by atomic mass is 35.5. The van der Waals surface area contributed by atoms with E-state index in [1.54, 1.807) is 27.7 Å². The fourth-order valence-corrected chi connectivity index (χ4v) is 14.8. The van der Waals surface area contributed by atoms with E-state index in [0.717, 1.165) is 54.0 Å². The van der Waals surface area contributed by atoms with Gasteiger partial charge in [0.15, 0.2) is 0 Å². The van der Waals surface area contributed by atoms with Crippen LogP contribution in [0.5, 0.6) is 0 Å². The van der Waals surface area contributed by atoms with E-state index in [1.165, 1.54) is 79.7 Å². The van der Waals surface area contributed by atoms with E-state index in [9.17, 15) is 42.3 Å². The number of rotatable bonds is 14. The zero-order chi connectivity index (χ0) is 73.1. The number of likely N-dealkylation sites (N-methyl/N-ethyl adjacent to an activating group) is 5. The van der Waals surface area contributed by atoms with Crippen molar-refractivity contribution in [3.05, 3.63) is 34.3 Å². The van der Waals surface area contributed by atoms with Crippen molar-refractivity contribution in [2.45, 2.75) is 250 Å². The molecule has 3 aliphatic heterocycles. The molecule has 2 aliphatic carbocycles.